The number of thiazole rings is 1. The van der Waals surface area contributed by atoms with Gasteiger partial charge in [0.1, 0.15) is 23.3 Å². The maximum atomic E-state index is 13.8. The van der Waals surface area contributed by atoms with E-state index in [0.29, 0.717) is 49.0 Å². The Morgan fingerprint density at radius 1 is 1.07 bits per heavy atom. The van der Waals surface area contributed by atoms with Crippen LogP contribution in [0.1, 0.15) is 41.6 Å². The number of hydrogen-bond donors (Lipinski definition) is 0. The third kappa shape index (κ3) is 4.89. The molecule has 0 spiro atoms. The zero-order chi connectivity index (χ0) is 28.4. The van der Waals surface area contributed by atoms with Crippen molar-refractivity contribution in [1.82, 2.24) is 4.57 Å². The lowest BCUT2D eigenvalue weighted by Gasteiger charge is -2.25. The summed E-state index contributed by atoms with van der Waals surface area (Å²) in [6, 6.07) is 16.8. The molecule has 0 fully saturated rings. The molecule has 0 N–H and O–H groups in total. The molecule has 4 aromatic rings. The summed E-state index contributed by atoms with van der Waals surface area (Å²) >= 11 is 1.19. The van der Waals surface area contributed by atoms with Crippen LogP contribution in [0.3, 0.4) is 0 Å². The number of benzene rings is 2. The Kier molecular flexibility index (Phi) is 7.52. The largest absolute Gasteiger partial charge is 0.496 e. The molecule has 0 aliphatic carbocycles. The highest BCUT2D eigenvalue weighted by Gasteiger charge is 2.35. The monoisotopic (exact) mass is 558 g/mol. The Labute approximate surface area is 233 Å². The molecule has 0 saturated heterocycles. The molecule has 0 amide bonds. The first-order chi connectivity index (χ1) is 19.4. The summed E-state index contributed by atoms with van der Waals surface area (Å²) in [5, 5.41) is 0. The highest BCUT2D eigenvalue weighted by molar-refractivity contribution is 7.07. The smallest absolute Gasteiger partial charge is 0.338 e. The van der Waals surface area contributed by atoms with Crippen molar-refractivity contribution >= 4 is 29.4 Å². The first-order valence-electron chi connectivity index (χ1n) is 12.5. The molecule has 9 nitrogen and oxygen atoms in total. The van der Waals surface area contributed by atoms with Crippen LogP contribution in [-0.2, 0) is 14.3 Å². The maximum Gasteiger partial charge on any atom is 0.338 e. The summed E-state index contributed by atoms with van der Waals surface area (Å²) in [4.78, 5) is 43.9. The molecule has 1 aliphatic rings. The first-order valence-corrected chi connectivity index (χ1v) is 13.3. The molecule has 1 atom stereocenters. The van der Waals surface area contributed by atoms with Crippen LogP contribution in [-0.4, -0.2) is 37.3 Å². The van der Waals surface area contributed by atoms with Crippen LogP contribution < -0.4 is 19.6 Å². The minimum absolute atomic E-state index is 0.183. The van der Waals surface area contributed by atoms with Gasteiger partial charge in [0.05, 0.1) is 42.2 Å². The van der Waals surface area contributed by atoms with E-state index >= 15 is 0 Å². The quantitative estimate of drug-likeness (QED) is 0.317. The van der Waals surface area contributed by atoms with Crippen LogP contribution >= 0.6 is 11.3 Å². The fourth-order valence-corrected chi connectivity index (χ4v) is 5.64. The minimum atomic E-state index is -0.790. The van der Waals surface area contributed by atoms with Crippen molar-refractivity contribution in [2.24, 2.45) is 4.99 Å². The molecular weight excluding hydrogens is 532 g/mol. The lowest BCUT2D eigenvalue weighted by atomic mass is 9.95. The van der Waals surface area contributed by atoms with Crippen LogP contribution in [0.15, 0.2) is 86.1 Å². The molecule has 5 rings (SSSR count). The molecule has 3 heterocycles. The van der Waals surface area contributed by atoms with E-state index in [0.717, 1.165) is 0 Å². The maximum absolute atomic E-state index is 13.8. The van der Waals surface area contributed by atoms with E-state index in [1.54, 1.807) is 63.4 Å². The fourth-order valence-electron chi connectivity index (χ4n) is 4.61. The van der Waals surface area contributed by atoms with E-state index in [2.05, 4.69) is 4.99 Å². The second-order valence-electron chi connectivity index (χ2n) is 8.82. The predicted octanol–water partition coefficient (Wildman–Crippen LogP) is 3.85. The zero-order valence-electron chi connectivity index (χ0n) is 22.3. The van der Waals surface area contributed by atoms with Crippen LogP contribution in [0.4, 0.5) is 0 Å². The van der Waals surface area contributed by atoms with Gasteiger partial charge in [-0.2, -0.15) is 0 Å². The van der Waals surface area contributed by atoms with Crippen LogP contribution in [0.5, 0.6) is 5.75 Å². The van der Waals surface area contributed by atoms with Crippen molar-refractivity contribution in [2.45, 2.75) is 19.9 Å². The Morgan fingerprint density at radius 3 is 2.62 bits per heavy atom. The Morgan fingerprint density at radius 2 is 1.88 bits per heavy atom. The van der Waals surface area contributed by atoms with E-state index < -0.39 is 18.0 Å². The number of fused-ring (bicyclic) bond motifs is 1. The van der Waals surface area contributed by atoms with Gasteiger partial charge in [-0.25, -0.2) is 14.6 Å². The van der Waals surface area contributed by atoms with E-state index in [1.807, 2.05) is 24.3 Å². The highest BCUT2D eigenvalue weighted by atomic mass is 32.1. The summed E-state index contributed by atoms with van der Waals surface area (Å²) < 4.78 is 23.6. The number of aromatic nitrogens is 1. The van der Waals surface area contributed by atoms with E-state index in [1.165, 1.54) is 23.0 Å². The second-order valence-corrected chi connectivity index (χ2v) is 9.83. The number of nitrogens with zero attached hydrogens (tertiary/aromatic N) is 2. The number of methoxy groups -OCH3 is 2. The molecular formula is C30H26N2O7S. The average Bonchev–Trinajstić information content (AvgIpc) is 3.56. The lowest BCUT2D eigenvalue weighted by molar-refractivity contribution is -0.139. The molecule has 1 unspecified atom stereocenters. The molecule has 2 aromatic heterocycles. The van der Waals surface area contributed by atoms with Crippen LogP contribution in [0.25, 0.3) is 17.4 Å². The van der Waals surface area contributed by atoms with E-state index in [9.17, 15) is 14.4 Å². The fraction of sp³-hybridized carbons (Fsp3) is 0.200. The Balaban J connectivity index is 1.62. The number of esters is 2. The van der Waals surface area contributed by atoms with Crippen molar-refractivity contribution in [2.75, 3.05) is 20.8 Å². The van der Waals surface area contributed by atoms with Gasteiger partial charge in [-0.3, -0.25) is 9.36 Å². The molecule has 0 bridgehead atoms. The molecule has 2 aromatic carbocycles. The number of carbonyl (C=O) groups excluding carboxylic acids is 2. The van der Waals surface area contributed by atoms with Gasteiger partial charge in [0, 0.05) is 17.2 Å². The SMILES string of the molecule is CCOC(=O)C1=C(C)N=c2sc(=Cc3ccc(-c4cccc(C(=O)OC)c4)o3)c(=O)n2C1c1ccccc1OC. The predicted molar refractivity (Wildman–Crippen MR) is 149 cm³/mol. The third-order valence-corrected chi connectivity index (χ3v) is 7.40. The van der Waals surface area contributed by atoms with E-state index in [4.69, 9.17) is 18.6 Å². The Hall–Kier alpha value is -4.70. The summed E-state index contributed by atoms with van der Waals surface area (Å²) in [5.41, 5.74) is 2.13. The summed E-state index contributed by atoms with van der Waals surface area (Å²) in [6.07, 6.45) is 1.64. The van der Waals surface area contributed by atoms with Gasteiger partial charge in [0.25, 0.3) is 5.56 Å². The minimum Gasteiger partial charge on any atom is -0.496 e. The number of para-hydroxylation sites is 1. The third-order valence-electron chi connectivity index (χ3n) is 6.42. The summed E-state index contributed by atoms with van der Waals surface area (Å²) in [7, 11) is 2.87. The van der Waals surface area contributed by atoms with Crippen molar-refractivity contribution in [1.29, 1.82) is 0 Å². The Bertz CT molecular complexity index is 1830. The topological polar surface area (TPSA) is 109 Å². The van der Waals surface area contributed by atoms with E-state index in [-0.39, 0.29) is 17.7 Å². The van der Waals surface area contributed by atoms with Crippen LogP contribution in [0, 0.1) is 0 Å². The molecule has 0 saturated carbocycles. The van der Waals surface area contributed by atoms with Crippen molar-refractivity contribution in [3.05, 3.63) is 109 Å². The van der Waals surface area contributed by atoms with Crippen molar-refractivity contribution in [3.63, 3.8) is 0 Å². The standard InChI is InChI=1S/C30H26N2O7S/c1-5-38-29(35)25-17(2)31-30-32(26(25)21-11-6-7-12-23(21)36-3)27(33)24(40-30)16-20-13-14-22(39-20)18-9-8-10-19(15-18)28(34)37-4/h6-16,26H,5H2,1-4H3. The number of furan rings is 1. The normalized spacial score (nSPS) is 14.9. The molecule has 0 radical (unpaired) electrons. The lowest BCUT2D eigenvalue weighted by Crippen LogP contribution is -2.40. The van der Waals surface area contributed by atoms with Crippen molar-refractivity contribution in [3.8, 4) is 17.1 Å². The highest BCUT2D eigenvalue weighted by Crippen LogP contribution is 2.35. The van der Waals surface area contributed by atoms with Gasteiger partial charge < -0.3 is 18.6 Å². The number of carbonyl (C=O) groups is 2. The van der Waals surface area contributed by atoms with Gasteiger partial charge >= 0.3 is 11.9 Å². The van der Waals surface area contributed by atoms with Gasteiger partial charge in [0.2, 0.25) is 0 Å². The first kappa shape index (κ1) is 26.9. The van der Waals surface area contributed by atoms with Gasteiger partial charge in [-0.15, -0.1) is 0 Å². The summed E-state index contributed by atoms with van der Waals surface area (Å²) in [5.74, 6) is 0.509. The van der Waals surface area contributed by atoms with Crippen LogP contribution in [0.2, 0.25) is 0 Å². The number of hydrogen-bond acceptors (Lipinski definition) is 9. The van der Waals surface area contributed by atoms with Crippen molar-refractivity contribution < 1.29 is 28.2 Å². The molecule has 204 valence electrons. The average molecular weight is 559 g/mol. The number of ether oxygens (including phenoxy) is 3. The second kappa shape index (κ2) is 11.2. The van der Waals surface area contributed by atoms with Gasteiger partial charge in [-0.1, -0.05) is 41.7 Å². The zero-order valence-corrected chi connectivity index (χ0v) is 23.1. The molecule has 1 aliphatic heterocycles. The summed E-state index contributed by atoms with van der Waals surface area (Å²) in [6.45, 7) is 3.64. The molecule has 40 heavy (non-hydrogen) atoms. The molecule has 10 heteroatoms. The van der Waals surface area contributed by atoms with Gasteiger partial charge in [0.15, 0.2) is 4.80 Å². The number of allylic oxidation sites excluding steroid dienone is 1. The van der Waals surface area contributed by atoms with Gasteiger partial charge in [-0.05, 0) is 44.2 Å². The number of rotatable bonds is 7.